The van der Waals surface area contributed by atoms with Crippen molar-refractivity contribution in [1.29, 1.82) is 0 Å². The molecule has 0 heterocycles. The van der Waals surface area contributed by atoms with Gasteiger partial charge in [-0.15, -0.1) is 0 Å². The second-order valence-electron chi connectivity index (χ2n) is 2.29. The molecule has 1 unspecified atom stereocenters. The van der Waals surface area contributed by atoms with Gasteiger partial charge in [0.25, 0.3) is 0 Å². The van der Waals surface area contributed by atoms with Crippen molar-refractivity contribution in [3.8, 4) is 0 Å². The van der Waals surface area contributed by atoms with Crippen molar-refractivity contribution >= 4 is 5.84 Å². The fourth-order valence-electron chi connectivity index (χ4n) is 0.750. The molecule has 5 heteroatoms. The average Bonchev–Trinajstić information content (AvgIpc) is 2.11. The Hall–Kier alpha value is -0.810. The van der Waals surface area contributed by atoms with Crippen LogP contribution in [0.15, 0.2) is 5.16 Å². The first-order valence-corrected chi connectivity index (χ1v) is 3.84. The average molecular weight is 176 g/mol. The van der Waals surface area contributed by atoms with Gasteiger partial charge in [-0.3, -0.25) is 0 Å². The Kier molecular flexibility index (Phi) is 6.41. The highest BCUT2D eigenvalue weighted by Crippen LogP contribution is 1.97. The molecule has 0 spiro atoms. The van der Waals surface area contributed by atoms with Crippen molar-refractivity contribution in [2.75, 3.05) is 20.3 Å². The molecule has 0 radical (unpaired) electrons. The Morgan fingerprint density at radius 2 is 2.25 bits per heavy atom. The van der Waals surface area contributed by atoms with Gasteiger partial charge in [0.05, 0.1) is 13.2 Å². The molecular weight excluding hydrogens is 160 g/mol. The zero-order valence-electron chi connectivity index (χ0n) is 7.49. The Bertz CT molecular complexity index is 139. The second kappa shape index (κ2) is 6.87. The number of rotatable bonds is 6. The van der Waals surface area contributed by atoms with Crippen molar-refractivity contribution < 1.29 is 14.7 Å². The van der Waals surface area contributed by atoms with Crippen LogP contribution in [0.2, 0.25) is 0 Å². The molecule has 0 aliphatic rings. The van der Waals surface area contributed by atoms with Crippen molar-refractivity contribution in [3.63, 3.8) is 0 Å². The van der Waals surface area contributed by atoms with Crippen LogP contribution in [0.25, 0.3) is 0 Å². The van der Waals surface area contributed by atoms with Crippen molar-refractivity contribution in [2.45, 2.75) is 19.4 Å². The third-order valence-corrected chi connectivity index (χ3v) is 1.42. The summed E-state index contributed by atoms with van der Waals surface area (Å²) in [4.78, 5) is 0. The van der Waals surface area contributed by atoms with Crippen LogP contribution < -0.4 is 5.73 Å². The Morgan fingerprint density at radius 1 is 1.58 bits per heavy atom. The lowest BCUT2D eigenvalue weighted by Gasteiger charge is -2.13. The van der Waals surface area contributed by atoms with E-state index in [1.165, 1.54) is 0 Å². The van der Waals surface area contributed by atoms with Crippen molar-refractivity contribution in [2.24, 2.45) is 10.9 Å². The summed E-state index contributed by atoms with van der Waals surface area (Å²) in [5.74, 6) is 0.105. The van der Waals surface area contributed by atoms with Crippen LogP contribution in [0.1, 0.15) is 13.3 Å². The topological polar surface area (TPSA) is 77.1 Å². The van der Waals surface area contributed by atoms with E-state index in [0.717, 1.165) is 0 Å². The van der Waals surface area contributed by atoms with Gasteiger partial charge in [0.15, 0.2) is 5.84 Å². The highest BCUT2D eigenvalue weighted by atomic mass is 16.5. The predicted octanol–water partition coefficient (Wildman–Crippen LogP) is 0.174. The third-order valence-electron chi connectivity index (χ3n) is 1.42. The SMILES string of the molecule is CCC(OCCOC)C(N)=NO. The summed E-state index contributed by atoms with van der Waals surface area (Å²) in [6, 6.07) is 0. The molecule has 0 aliphatic heterocycles. The van der Waals surface area contributed by atoms with Gasteiger partial charge in [0.1, 0.15) is 6.10 Å². The fraction of sp³-hybridized carbons (Fsp3) is 0.857. The number of nitrogens with zero attached hydrogens (tertiary/aromatic N) is 1. The van der Waals surface area contributed by atoms with Gasteiger partial charge in [-0.1, -0.05) is 12.1 Å². The van der Waals surface area contributed by atoms with E-state index in [1.807, 2.05) is 6.92 Å². The molecule has 72 valence electrons. The normalized spacial score (nSPS) is 14.7. The van der Waals surface area contributed by atoms with Gasteiger partial charge >= 0.3 is 0 Å². The largest absolute Gasteiger partial charge is 0.409 e. The quantitative estimate of drug-likeness (QED) is 0.199. The third kappa shape index (κ3) is 4.15. The molecule has 0 saturated heterocycles. The number of nitrogens with two attached hydrogens (primary N) is 1. The van der Waals surface area contributed by atoms with E-state index in [0.29, 0.717) is 19.6 Å². The van der Waals surface area contributed by atoms with Crippen molar-refractivity contribution in [3.05, 3.63) is 0 Å². The minimum absolute atomic E-state index is 0.105. The van der Waals surface area contributed by atoms with Gasteiger partial charge in [0.2, 0.25) is 0 Å². The number of ether oxygens (including phenoxy) is 2. The second-order valence-corrected chi connectivity index (χ2v) is 2.29. The smallest absolute Gasteiger partial charge is 0.168 e. The van der Waals surface area contributed by atoms with Gasteiger partial charge in [-0.05, 0) is 6.42 Å². The first-order valence-electron chi connectivity index (χ1n) is 3.84. The fourth-order valence-corrected chi connectivity index (χ4v) is 0.750. The lowest BCUT2D eigenvalue weighted by Crippen LogP contribution is -2.31. The van der Waals surface area contributed by atoms with Crippen LogP contribution >= 0.6 is 0 Å². The summed E-state index contributed by atoms with van der Waals surface area (Å²) in [6.07, 6.45) is 0.365. The molecule has 0 rings (SSSR count). The molecule has 0 bridgehead atoms. The standard InChI is InChI=1S/C7H16N2O3/c1-3-6(7(8)9-10)12-5-4-11-2/h6,10H,3-5H2,1-2H3,(H2,8,9). The van der Waals surface area contributed by atoms with Crippen LogP contribution in [0.3, 0.4) is 0 Å². The number of hydrogen-bond donors (Lipinski definition) is 2. The maximum Gasteiger partial charge on any atom is 0.168 e. The lowest BCUT2D eigenvalue weighted by atomic mass is 10.2. The van der Waals surface area contributed by atoms with Crippen molar-refractivity contribution in [1.82, 2.24) is 0 Å². The van der Waals surface area contributed by atoms with Gasteiger partial charge in [-0.25, -0.2) is 0 Å². The van der Waals surface area contributed by atoms with Gasteiger partial charge in [-0.2, -0.15) is 0 Å². The summed E-state index contributed by atoms with van der Waals surface area (Å²) < 4.78 is 10.0. The van der Waals surface area contributed by atoms with Crippen LogP contribution in [0.5, 0.6) is 0 Å². The molecule has 1 atom stereocenters. The minimum Gasteiger partial charge on any atom is -0.409 e. The molecule has 0 aliphatic carbocycles. The molecule has 0 aromatic carbocycles. The molecule has 0 aromatic rings. The molecule has 3 N–H and O–H groups in total. The number of methoxy groups -OCH3 is 1. The van der Waals surface area contributed by atoms with E-state index >= 15 is 0 Å². The minimum atomic E-state index is -0.315. The van der Waals surface area contributed by atoms with E-state index in [4.69, 9.17) is 20.4 Å². The predicted molar refractivity (Wildman–Crippen MR) is 45.3 cm³/mol. The van der Waals surface area contributed by atoms with Crippen LogP contribution in [0.4, 0.5) is 0 Å². The van der Waals surface area contributed by atoms with E-state index < -0.39 is 0 Å². The highest BCUT2D eigenvalue weighted by molar-refractivity contribution is 5.84. The van der Waals surface area contributed by atoms with Crippen LogP contribution in [-0.4, -0.2) is 37.5 Å². The van der Waals surface area contributed by atoms with E-state index in [1.54, 1.807) is 7.11 Å². The van der Waals surface area contributed by atoms with Gasteiger partial charge < -0.3 is 20.4 Å². The van der Waals surface area contributed by atoms with E-state index in [2.05, 4.69) is 5.16 Å². The molecule has 0 fully saturated rings. The molecule has 5 nitrogen and oxygen atoms in total. The number of amidine groups is 1. The first-order chi connectivity index (χ1) is 5.76. The summed E-state index contributed by atoms with van der Waals surface area (Å²) in [5.41, 5.74) is 5.34. The summed E-state index contributed by atoms with van der Waals surface area (Å²) in [5, 5.41) is 11.2. The van der Waals surface area contributed by atoms with E-state index in [9.17, 15) is 0 Å². The highest BCUT2D eigenvalue weighted by Gasteiger charge is 2.10. The Morgan fingerprint density at radius 3 is 2.67 bits per heavy atom. The molecule has 0 aromatic heterocycles. The molecule has 0 saturated carbocycles. The summed E-state index contributed by atoms with van der Waals surface area (Å²) in [6.45, 7) is 2.86. The zero-order chi connectivity index (χ0) is 9.40. The Balaban J connectivity index is 3.68. The maximum atomic E-state index is 8.34. The first kappa shape index (κ1) is 11.2. The number of hydrogen-bond acceptors (Lipinski definition) is 4. The molecule has 0 amide bonds. The van der Waals surface area contributed by atoms with Crippen LogP contribution in [0, 0.1) is 0 Å². The lowest BCUT2D eigenvalue weighted by molar-refractivity contribution is 0.0447. The monoisotopic (exact) mass is 176 g/mol. The maximum absolute atomic E-state index is 8.34. The Labute approximate surface area is 72.1 Å². The number of oxime groups is 1. The van der Waals surface area contributed by atoms with Gasteiger partial charge in [0, 0.05) is 7.11 Å². The summed E-state index contributed by atoms with van der Waals surface area (Å²) >= 11 is 0. The van der Waals surface area contributed by atoms with Crippen LogP contribution in [-0.2, 0) is 9.47 Å². The zero-order valence-corrected chi connectivity index (χ0v) is 7.49. The van der Waals surface area contributed by atoms with E-state index in [-0.39, 0.29) is 11.9 Å². The molecule has 12 heavy (non-hydrogen) atoms. The summed E-state index contributed by atoms with van der Waals surface area (Å²) in [7, 11) is 1.59. The molecular formula is C7H16N2O3.